The van der Waals surface area contributed by atoms with Gasteiger partial charge in [0.25, 0.3) is 0 Å². The topological polar surface area (TPSA) is 56.8 Å². The molecule has 0 aliphatic carbocycles. The van der Waals surface area contributed by atoms with Crippen LogP contribution >= 0.6 is 0 Å². The number of halogens is 3. The fourth-order valence-electron chi connectivity index (χ4n) is 2.93. The second-order valence-electron chi connectivity index (χ2n) is 6.70. The lowest BCUT2D eigenvalue weighted by Gasteiger charge is -2.40. The van der Waals surface area contributed by atoms with Crippen LogP contribution in [-0.4, -0.2) is 49.8 Å². The fraction of sp³-hybridized carbons (Fsp3) is 0.944. The SMILES string of the molecule is CCCCCO[C@@H]1C[C@H](NC(=O)C(F)(F)F)[C@H](OCCCCC)[C@@H](C)O1. The molecule has 1 heterocycles. The molecular formula is C18H32F3NO4. The van der Waals surface area contributed by atoms with E-state index in [0.717, 1.165) is 38.5 Å². The summed E-state index contributed by atoms with van der Waals surface area (Å²) in [7, 11) is 0. The van der Waals surface area contributed by atoms with Crippen molar-refractivity contribution in [3.63, 3.8) is 0 Å². The van der Waals surface area contributed by atoms with Crippen molar-refractivity contribution in [1.82, 2.24) is 5.32 Å². The number of alkyl halides is 3. The van der Waals surface area contributed by atoms with Gasteiger partial charge in [-0.2, -0.15) is 13.2 Å². The largest absolute Gasteiger partial charge is 0.471 e. The zero-order valence-corrected chi connectivity index (χ0v) is 15.9. The molecule has 1 aliphatic heterocycles. The van der Waals surface area contributed by atoms with Crippen molar-refractivity contribution in [2.24, 2.45) is 0 Å². The van der Waals surface area contributed by atoms with E-state index in [4.69, 9.17) is 14.2 Å². The molecule has 8 heteroatoms. The van der Waals surface area contributed by atoms with Gasteiger partial charge in [0.15, 0.2) is 6.29 Å². The molecule has 1 saturated heterocycles. The summed E-state index contributed by atoms with van der Waals surface area (Å²) < 4.78 is 55.1. The van der Waals surface area contributed by atoms with Gasteiger partial charge in [-0.1, -0.05) is 39.5 Å². The van der Waals surface area contributed by atoms with E-state index in [9.17, 15) is 18.0 Å². The average molecular weight is 383 g/mol. The van der Waals surface area contributed by atoms with Crippen LogP contribution in [0, 0.1) is 0 Å². The Morgan fingerprint density at radius 3 is 2.19 bits per heavy atom. The highest BCUT2D eigenvalue weighted by atomic mass is 19.4. The number of ether oxygens (including phenoxy) is 3. The predicted octanol–water partition coefficient (Wildman–Crippen LogP) is 3.95. The Labute approximate surface area is 153 Å². The number of amides is 1. The lowest BCUT2D eigenvalue weighted by Crippen LogP contribution is -2.58. The van der Waals surface area contributed by atoms with Crippen LogP contribution in [0.2, 0.25) is 0 Å². The molecule has 0 spiro atoms. The number of unbranched alkanes of at least 4 members (excludes halogenated alkanes) is 4. The summed E-state index contributed by atoms with van der Waals surface area (Å²) in [4.78, 5) is 11.4. The zero-order valence-electron chi connectivity index (χ0n) is 15.9. The van der Waals surface area contributed by atoms with E-state index in [1.54, 1.807) is 6.92 Å². The van der Waals surface area contributed by atoms with Crippen LogP contribution in [0.25, 0.3) is 0 Å². The van der Waals surface area contributed by atoms with Crippen LogP contribution in [-0.2, 0) is 19.0 Å². The maximum atomic E-state index is 12.6. The first-order valence-electron chi connectivity index (χ1n) is 9.55. The van der Waals surface area contributed by atoms with E-state index in [0.29, 0.717) is 13.2 Å². The van der Waals surface area contributed by atoms with E-state index in [1.165, 1.54) is 0 Å². The standard InChI is InChI=1S/C18H32F3NO4/c1-4-6-8-10-24-15-12-14(22-17(23)18(19,20)21)16(13(3)26-15)25-11-9-7-5-2/h13-16H,4-12H2,1-3H3,(H,22,23)/t13-,14+,15+,16-/m1/s1. The molecule has 5 nitrogen and oxygen atoms in total. The molecule has 0 aromatic rings. The average Bonchev–Trinajstić information content (AvgIpc) is 2.56. The van der Waals surface area contributed by atoms with Gasteiger partial charge >= 0.3 is 12.1 Å². The molecule has 0 bridgehead atoms. The number of hydrogen-bond donors (Lipinski definition) is 1. The van der Waals surface area contributed by atoms with Gasteiger partial charge in [0.1, 0.15) is 6.10 Å². The first-order valence-corrected chi connectivity index (χ1v) is 9.55. The minimum atomic E-state index is -4.92. The molecule has 0 aromatic heterocycles. The molecule has 1 amide bonds. The third kappa shape index (κ3) is 8.22. The highest BCUT2D eigenvalue weighted by Crippen LogP contribution is 2.26. The quantitative estimate of drug-likeness (QED) is 0.549. The summed E-state index contributed by atoms with van der Waals surface area (Å²) in [5.74, 6) is -1.96. The molecule has 0 saturated carbocycles. The monoisotopic (exact) mass is 383 g/mol. The molecule has 1 N–H and O–H groups in total. The first-order chi connectivity index (χ1) is 12.3. The van der Waals surface area contributed by atoms with Crippen LogP contribution in [0.15, 0.2) is 0 Å². The maximum absolute atomic E-state index is 12.6. The Morgan fingerprint density at radius 2 is 1.65 bits per heavy atom. The lowest BCUT2D eigenvalue weighted by atomic mass is 9.99. The summed E-state index contributed by atoms with van der Waals surface area (Å²) in [5, 5.41) is 2.06. The van der Waals surface area contributed by atoms with Gasteiger partial charge in [-0.25, -0.2) is 0 Å². The molecule has 26 heavy (non-hydrogen) atoms. The summed E-state index contributed by atoms with van der Waals surface area (Å²) in [5.41, 5.74) is 0. The Hall–Kier alpha value is -0.860. The third-order valence-electron chi connectivity index (χ3n) is 4.36. The first kappa shape index (κ1) is 23.2. The minimum Gasteiger partial charge on any atom is -0.373 e. The Kier molecular flexibility index (Phi) is 10.5. The summed E-state index contributed by atoms with van der Waals surface area (Å²) >= 11 is 0. The predicted molar refractivity (Wildman–Crippen MR) is 91.7 cm³/mol. The van der Waals surface area contributed by atoms with Crippen LogP contribution in [0.5, 0.6) is 0 Å². The summed E-state index contributed by atoms with van der Waals surface area (Å²) in [6, 6.07) is -0.800. The molecule has 154 valence electrons. The van der Waals surface area contributed by atoms with Crippen molar-refractivity contribution in [3.05, 3.63) is 0 Å². The van der Waals surface area contributed by atoms with Gasteiger partial charge in [-0.15, -0.1) is 0 Å². The van der Waals surface area contributed by atoms with Crippen molar-refractivity contribution in [2.45, 2.75) is 96.4 Å². The second-order valence-corrected chi connectivity index (χ2v) is 6.70. The van der Waals surface area contributed by atoms with Crippen molar-refractivity contribution >= 4 is 5.91 Å². The Bertz CT molecular complexity index is 406. The third-order valence-corrected chi connectivity index (χ3v) is 4.36. The number of carbonyl (C=O) groups excluding carboxylic acids is 1. The number of carbonyl (C=O) groups is 1. The van der Waals surface area contributed by atoms with Crippen molar-refractivity contribution < 1.29 is 32.2 Å². The highest BCUT2D eigenvalue weighted by Gasteiger charge is 2.44. The normalized spacial score (nSPS) is 26.7. The van der Waals surface area contributed by atoms with Gasteiger partial charge in [-0.3, -0.25) is 4.79 Å². The van der Waals surface area contributed by atoms with Crippen LogP contribution in [0.4, 0.5) is 13.2 Å². The summed E-state index contributed by atoms with van der Waals surface area (Å²) in [6.45, 7) is 6.76. The zero-order chi connectivity index (χ0) is 19.6. The van der Waals surface area contributed by atoms with E-state index in [2.05, 4.69) is 19.2 Å². The molecule has 1 fully saturated rings. The number of rotatable bonds is 11. The fourth-order valence-corrected chi connectivity index (χ4v) is 2.93. The van der Waals surface area contributed by atoms with Gasteiger partial charge in [-0.05, 0) is 19.8 Å². The molecule has 1 rings (SSSR count). The minimum absolute atomic E-state index is 0.136. The van der Waals surface area contributed by atoms with Crippen LogP contribution < -0.4 is 5.32 Å². The Balaban J connectivity index is 2.66. The van der Waals surface area contributed by atoms with Crippen molar-refractivity contribution in [1.29, 1.82) is 0 Å². The van der Waals surface area contributed by atoms with Gasteiger partial charge in [0, 0.05) is 19.6 Å². The molecule has 1 aliphatic rings. The molecule has 0 unspecified atom stereocenters. The van der Waals surface area contributed by atoms with E-state index in [1.807, 2.05) is 0 Å². The Morgan fingerprint density at radius 1 is 1.08 bits per heavy atom. The number of nitrogens with one attached hydrogen (secondary N) is 1. The van der Waals surface area contributed by atoms with Gasteiger partial charge in [0.05, 0.1) is 12.1 Å². The lowest BCUT2D eigenvalue weighted by molar-refractivity contribution is -0.236. The number of hydrogen-bond acceptors (Lipinski definition) is 4. The van der Waals surface area contributed by atoms with Crippen molar-refractivity contribution in [3.8, 4) is 0 Å². The summed E-state index contributed by atoms with van der Waals surface area (Å²) in [6.07, 6.45) is -0.805. The van der Waals surface area contributed by atoms with Crippen molar-refractivity contribution in [2.75, 3.05) is 13.2 Å². The molecular weight excluding hydrogens is 351 g/mol. The maximum Gasteiger partial charge on any atom is 0.471 e. The smallest absolute Gasteiger partial charge is 0.373 e. The van der Waals surface area contributed by atoms with Gasteiger partial charge in [0.2, 0.25) is 0 Å². The molecule has 0 radical (unpaired) electrons. The van der Waals surface area contributed by atoms with E-state index < -0.39 is 36.6 Å². The van der Waals surface area contributed by atoms with E-state index in [-0.39, 0.29) is 6.42 Å². The van der Waals surface area contributed by atoms with E-state index >= 15 is 0 Å². The molecule has 0 aromatic carbocycles. The second kappa shape index (κ2) is 11.8. The van der Waals surface area contributed by atoms with Gasteiger partial charge < -0.3 is 19.5 Å². The molecule has 4 atom stereocenters. The van der Waals surface area contributed by atoms with Crippen LogP contribution in [0.1, 0.15) is 65.7 Å². The highest BCUT2D eigenvalue weighted by molar-refractivity contribution is 5.82. The van der Waals surface area contributed by atoms with Crippen LogP contribution in [0.3, 0.4) is 0 Å².